The number of nitrogens with one attached hydrogen (secondary N) is 2. The first-order valence-electron chi connectivity index (χ1n) is 7.25. The number of rotatable bonds is 6. The highest BCUT2D eigenvalue weighted by Gasteiger charge is 2.37. The number of benzene rings is 1. The highest BCUT2D eigenvalue weighted by atomic mass is 79.9. The zero-order valence-electron chi connectivity index (χ0n) is 12.9. The summed E-state index contributed by atoms with van der Waals surface area (Å²) in [4.78, 5) is 0.372. The molecule has 1 aliphatic carbocycles. The van der Waals surface area contributed by atoms with Crippen LogP contribution in [-0.4, -0.2) is 20.5 Å². The molecule has 0 radical (unpaired) electrons. The largest absolute Gasteiger partial charge is 0.310 e. The van der Waals surface area contributed by atoms with Crippen LogP contribution < -0.4 is 10.0 Å². The van der Waals surface area contributed by atoms with E-state index in [2.05, 4.69) is 46.7 Å². The van der Waals surface area contributed by atoms with Gasteiger partial charge < -0.3 is 5.32 Å². The van der Waals surface area contributed by atoms with Crippen molar-refractivity contribution in [1.29, 1.82) is 0 Å². The maximum Gasteiger partial charge on any atom is 0.241 e. The second-order valence-corrected chi connectivity index (χ2v) is 8.71. The normalized spacial score (nSPS) is 21.8. The summed E-state index contributed by atoms with van der Waals surface area (Å²) in [6.07, 6.45) is 0.925. The van der Waals surface area contributed by atoms with Gasteiger partial charge in [-0.1, -0.05) is 36.7 Å². The van der Waals surface area contributed by atoms with E-state index in [1.807, 2.05) is 13.0 Å². The molecule has 2 N–H and O–H groups in total. The molecule has 0 aromatic heterocycles. The first kappa shape index (κ1) is 16.9. The Hall–Kier alpha value is -0.430. The molecule has 0 saturated heterocycles. The monoisotopic (exact) mass is 374 g/mol. The first-order chi connectivity index (χ1) is 9.70. The van der Waals surface area contributed by atoms with Crippen molar-refractivity contribution in [2.75, 3.05) is 0 Å². The molecule has 0 aliphatic heterocycles. The van der Waals surface area contributed by atoms with Gasteiger partial charge in [0.1, 0.15) is 0 Å². The minimum absolute atomic E-state index is 0.0885. The Balaban J connectivity index is 2.28. The number of hydrogen-bond donors (Lipinski definition) is 2. The fourth-order valence-electron chi connectivity index (χ4n) is 2.16. The van der Waals surface area contributed by atoms with E-state index in [1.165, 1.54) is 0 Å². The van der Waals surface area contributed by atoms with Gasteiger partial charge in [-0.15, -0.1) is 0 Å². The summed E-state index contributed by atoms with van der Waals surface area (Å²) in [6.45, 7) is 8.67. The van der Waals surface area contributed by atoms with E-state index in [0.717, 1.165) is 22.0 Å². The van der Waals surface area contributed by atoms with E-state index in [0.29, 0.717) is 23.4 Å². The van der Waals surface area contributed by atoms with Crippen molar-refractivity contribution in [3.63, 3.8) is 0 Å². The Morgan fingerprint density at radius 2 is 2.00 bits per heavy atom. The van der Waals surface area contributed by atoms with Crippen molar-refractivity contribution in [3.8, 4) is 0 Å². The molecule has 21 heavy (non-hydrogen) atoms. The third kappa shape index (κ3) is 4.28. The van der Waals surface area contributed by atoms with Gasteiger partial charge in [-0.3, -0.25) is 0 Å². The summed E-state index contributed by atoms with van der Waals surface area (Å²) in [6, 6.07) is 4.19. The van der Waals surface area contributed by atoms with E-state index in [4.69, 9.17) is 0 Å². The van der Waals surface area contributed by atoms with Crippen molar-refractivity contribution in [1.82, 2.24) is 10.0 Å². The summed E-state index contributed by atoms with van der Waals surface area (Å²) in [5.41, 5.74) is 1.72. The summed E-state index contributed by atoms with van der Waals surface area (Å²) < 4.78 is 28.7. The predicted molar refractivity (Wildman–Crippen MR) is 88.7 cm³/mol. The third-order valence-corrected chi connectivity index (χ3v) is 6.22. The highest BCUT2D eigenvalue weighted by molar-refractivity contribution is 9.10. The Labute approximate surface area is 135 Å². The van der Waals surface area contributed by atoms with E-state index in [-0.39, 0.29) is 6.04 Å². The van der Waals surface area contributed by atoms with E-state index in [9.17, 15) is 8.42 Å². The molecule has 118 valence electrons. The van der Waals surface area contributed by atoms with Crippen LogP contribution in [0.3, 0.4) is 0 Å². The average molecular weight is 375 g/mol. The summed E-state index contributed by atoms with van der Waals surface area (Å²) >= 11 is 3.47. The Morgan fingerprint density at radius 1 is 1.38 bits per heavy atom. The maximum atomic E-state index is 12.5. The van der Waals surface area contributed by atoms with Crippen LogP contribution in [0.4, 0.5) is 0 Å². The second-order valence-electron chi connectivity index (χ2n) is 6.18. The summed E-state index contributed by atoms with van der Waals surface area (Å²) in [5.74, 6) is 0.439. The molecule has 2 unspecified atom stereocenters. The van der Waals surface area contributed by atoms with Gasteiger partial charge in [0.05, 0.1) is 4.90 Å². The lowest BCUT2D eigenvalue weighted by Crippen LogP contribution is -2.28. The van der Waals surface area contributed by atoms with Crippen LogP contribution >= 0.6 is 15.9 Å². The maximum absolute atomic E-state index is 12.5. The van der Waals surface area contributed by atoms with Crippen molar-refractivity contribution in [2.45, 2.75) is 57.6 Å². The molecule has 0 heterocycles. The number of hydrogen-bond acceptors (Lipinski definition) is 3. The van der Waals surface area contributed by atoms with Gasteiger partial charge in [0, 0.05) is 23.1 Å². The molecular formula is C15H23BrN2O2S. The molecular weight excluding hydrogens is 352 g/mol. The zero-order valence-corrected chi connectivity index (χ0v) is 15.3. The summed E-state index contributed by atoms with van der Waals surface area (Å²) in [5, 5.41) is 3.31. The SMILES string of the molecule is Cc1c(Br)cc(CNC(C)C)cc1S(=O)(=O)NC1CC1C. The zero-order chi connectivity index (χ0) is 15.8. The lowest BCUT2D eigenvalue weighted by Gasteiger charge is -2.14. The van der Waals surface area contributed by atoms with Gasteiger partial charge in [0.15, 0.2) is 0 Å². The molecule has 0 bridgehead atoms. The second kappa shape index (κ2) is 6.36. The Kier molecular flexibility index (Phi) is 5.13. The van der Waals surface area contributed by atoms with Crippen LogP contribution in [0.25, 0.3) is 0 Å². The van der Waals surface area contributed by atoms with Crippen molar-refractivity contribution < 1.29 is 8.42 Å². The van der Waals surface area contributed by atoms with Crippen LogP contribution in [-0.2, 0) is 16.6 Å². The highest BCUT2D eigenvalue weighted by Crippen LogP contribution is 2.32. The van der Waals surface area contributed by atoms with Crippen LogP contribution in [0.1, 0.15) is 38.3 Å². The number of sulfonamides is 1. The third-order valence-electron chi connectivity index (χ3n) is 3.78. The molecule has 2 atom stereocenters. The molecule has 1 saturated carbocycles. The molecule has 6 heteroatoms. The standard InChI is InChI=1S/C15H23BrN2O2S/c1-9(2)17-8-12-6-13(16)11(4)15(7-12)21(19,20)18-14-5-10(14)3/h6-7,9-10,14,17-18H,5,8H2,1-4H3. The van der Waals surface area contributed by atoms with E-state index in [1.54, 1.807) is 6.07 Å². The first-order valence-corrected chi connectivity index (χ1v) is 9.53. The van der Waals surface area contributed by atoms with Gasteiger partial charge in [0.25, 0.3) is 0 Å². The molecule has 4 nitrogen and oxygen atoms in total. The molecule has 0 spiro atoms. The van der Waals surface area contributed by atoms with Gasteiger partial charge >= 0.3 is 0 Å². The van der Waals surface area contributed by atoms with Crippen molar-refractivity contribution >= 4 is 26.0 Å². The minimum atomic E-state index is -3.45. The van der Waals surface area contributed by atoms with E-state index < -0.39 is 10.0 Å². The quantitative estimate of drug-likeness (QED) is 0.804. The summed E-state index contributed by atoms with van der Waals surface area (Å²) in [7, 11) is -3.45. The van der Waals surface area contributed by atoms with Crippen molar-refractivity contribution in [2.24, 2.45) is 5.92 Å². The Bertz CT molecular complexity index is 629. The smallest absolute Gasteiger partial charge is 0.241 e. The topological polar surface area (TPSA) is 58.2 Å². The lowest BCUT2D eigenvalue weighted by atomic mass is 10.1. The van der Waals surface area contributed by atoms with E-state index >= 15 is 0 Å². The fraction of sp³-hybridized carbons (Fsp3) is 0.600. The Morgan fingerprint density at radius 3 is 2.52 bits per heavy atom. The average Bonchev–Trinajstić information content (AvgIpc) is 3.04. The lowest BCUT2D eigenvalue weighted by molar-refractivity contribution is 0.575. The van der Waals surface area contributed by atoms with Crippen LogP contribution in [0.2, 0.25) is 0 Å². The van der Waals surface area contributed by atoms with Gasteiger partial charge in [-0.25, -0.2) is 13.1 Å². The van der Waals surface area contributed by atoms with Gasteiger partial charge in [-0.2, -0.15) is 0 Å². The van der Waals surface area contributed by atoms with Gasteiger partial charge in [0.2, 0.25) is 10.0 Å². The van der Waals surface area contributed by atoms with Crippen LogP contribution in [0, 0.1) is 12.8 Å². The molecule has 2 rings (SSSR count). The van der Waals surface area contributed by atoms with Gasteiger partial charge in [-0.05, 0) is 42.5 Å². The molecule has 1 fully saturated rings. The fourth-order valence-corrected chi connectivity index (χ4v) is 4.47. The molecule has 1 aromatic carbocycles. The predicted octanol–water partition coefficient (Wildman–Crippen LogP) is 2.94. The van der Waals surface area contributed by atoms with Crippen LogP contribution in [0.5, 0.6) is 0 Å². The van der Waals surface area contributed by atoms with Crippen LogP contribution in [0.15, 0.2) is 21.5 Å². The molecule has 1 aliphatic rings. The molecule has 0 amide bonds. The number of halogens is 1. The minimum Gasteiger partial charge on any atom is -0.310 e. The van der Waals surface area contributed by atoms with Crippen molar-refractivity contribution in [3.05, 3.63) is 27.7 Å². The molecule has 1 aromatic rings.